The zero-order valence-electron chi connectivity index (χ0n) is 14.8. The van der Waals surface area contributed by atoms with Gasteiger partial charge in [0.1, 0.15) is 12.4 Å². The maximum atomic E-state index is 12.2. The number of thioether (sulfide) groups is 1. The van der Waals surface area contributed by atoms with E-state index < -0.39 is 5.97 Å². The van der Waals surface area contributed by atoms with Crippen molar-refractivity contribution < 1.29 is 24.2 Å². The van der Waals surface area contributed by atoms with Crippen LogP contribution in [-0.4, -0.2) is 28.6 Å². The summed E-state index contributed by atoms with van der Waals surface area (Å²) in [5.41, 5.74) is 1.69. The second-order valence-electron chi connectivity index (χ2n) is 5.89. The number of likely N-dealkylation sites (N-methyl/N-ethyl adjacent to an activating group) is 1. The minimum Gasteiger partial charge on any atom is -0.545 e. The van der Waals surface area contributed by atoms with Crippen molar-refractivity contribution in [1.29, 1.82) is 0 Å². The molecule has 2 aromatic carbocycles. The Morgan fingerprint density at radius 1 is 1.21 bits per heavy atom. The van der Waals surface area contributed by atoms with Gasteiger partial charge in [0.05, 0.1) is 15.3 Å². The fraction of sp³-hybridized carbons (Fsp3) is 0.150. The lowest BCUT2D eigenvalue weighted by Crippen LogP contribution is -2.27. The Balaban J connectivity index is 1.69. The largest absolute Gasteiger partial charge is 0.545 e. The number of nitrogens with zero attached hydrogens (tertiary/aromatic N) is 1. The number of ether oxygens (including phenoxy) is 1. The molecule has 2 amide bonds. The topological polar surface area (TPSA) is 86.7 Å². The van der Waals surface area contributed by atoms with Crippen LogP contribution in [0.15, 0.2) is 51.8 Å². The first kappa shape index (κ1) is 20.2. The van der Waals surface area contributed by atoms with Crippen LogP contribution in [0.25, 0.3) is 6.08 Å². The molecule has 6 nitrogen and oxygen atoms in total. The molecule has 1 saturated heterocycles. The highest BCUT2D eigenvalue weighted by Gasteiger charge is 2.33. The zero-order chi connectivity index (χ0) is 20.3. The highest BCUT2D eigenvalue weighted by molar-refractivity contribution is 9.10. The summed E-state index contributed by atoms with van der Waals surface area (Å²) < 4.78 is 6.45. The first-order valence-corrected chi connectivity index (χ1v) is 9.98. The summed E-state index contributed by atoms with van der Waals surface area (Å²) in [6, 6.07) is 11.6. The van der Waals surface area contributed by atoms with Gasteiger partial charge in [-0.15, -0.1) is 0 Å². The maximum Gasteiger partial charge on any atom is 0.293 e. The molecular formula is C20H15BrNO5S-. The lowest BCUT2D eigenvalue weighted by molar-refractivity contribution is -0.255. The van der Waals surface area contributed by atoms with Crippen molar-refractivity contribution in [2.24, 2.45) is 0 Å². The van der Waals surface area contributed by atoms with E-state index in [0.29, 0.717) is 21.7 Å². The van der Waals surface area contributed by atoms with Gasteiger partial charge in [-0.05, 0) is 69.5 Å². The molecule has 0 spiro atoms. The second-order valence-corrected chi connectivity index (χ2v) is 7.74. The number of amides is 2. The third-order valence-corrected chi connectivity index (χ3v) is 5.55. The van der Waals surface area contributed by atoms with E-state index in [9.17, 15) is 19.5 Å². The van der Waals surface area contributed by atoms with Gasteiger partial charge in [-0.25, -0.2) is 0 Å². The number of benzene rings is 2. The quantitative estimate of drug-likeness (QED) is 0.613. The molecule has 28 heavy (non-hydrogen) atoms. The molecule has 2 aromatic rings. The number of imide groups is 1. The molecule has 8 heteroatoms. The summed E-state index contributed by atoms with van der Waals surface area (Å²) in [7, 11) is 0. The number of hydrogen-bond acceptors (Lipinski definition) is 6. The number of rotatable bonds is 6. The number of carbonyl (C=O) groups excluding carboxylic acids is 3. The standard InChI is InChI=1S/C20H16BrNO5S/c1-2-22-18(23)17(28-20(22)26)10-13-5-8-16(15(21)9-13)27-11-12-3-6-14(7-4-12)19(24)25/h3-10H,2,11H2,1H3,(H,24,25)/p-1/b17-10-. The summed E-state index contributed by atoms with van der Waals surface area (Å²) in [5.74, 6) is -0.903. The van der Waals surface area contributed by atoms with Gasteiger partial charge in [0, 0.05) is 6.54 Å². The third kappa shape index (κ3) is 4.45. The minimum absolute atomic E-state index is 0.113. The van der Waals surface area contributed by atoms with Crippen molar-refractivity contribution in [3.63, 3.8) is 0 Å². The predicted octanol–water partition coefficient (Wildman–Crippen LogP) is 3.45. The van der Waals surface area contributed by atoms with E-state index in [1.165, 1.54) is 17.0 Å². The first-order valence-electron chi connectivity index (χ1n) is 8.37. The van der Waals surface area contributed by atoms with E-state index in [2.05, 4.69) is 15.9 Å². The van der Waals surface area contributed by atoms with Crippen LogP contribution in [0.4, 0.5) is 4.79 Å². The van der Waals surface area contributed by atoms with Gasteiger partial charge in [-0.1, -0.05) is 30.3 Å². The summed E-state index contributed by atoms with van der Waals surface area (Å²) in [5, 5.41) is 10.5. The van der Waals surface area contributed by atoms with Crippen LogP contribution in [0, 0.1) is 0 Å². The van der Waals surface area contributed by atoms with E-state index in [-0.39, 0.29) is 23.3 Å². The molecule has 0 unspecified atom stereocenters. The molecule has 1 aliphatic heterocycles. The molecule has 0 saturated carbocycles. The van der Waals surface area contributed by atoms with Crippen molar-refractivity contribution in [2.75, 3.05) is 6.54 Å². The Hall–Kier alpha value is -2.58. The molecule has 0 bridgehead atoms. The number of carboxylic acid groups (broad SMARTS) is 1. The smallest absolute Gasteiger partial charge is 0.293 e. The summed E-state index contributed by atoms with van der Waals surface area (Å²) in [6.45, 7) is 2.37. The zero-order valence-corrected chi connectivity index (χ0v) is 17.2. The Kier molecular flexibility index (Phi) is 6.21. The highest BCUT2D eigenvalue weighted by atomic mass is 79.9. The molecule has 0 aliphatic carbocycles. The molecule has 0 N–H and O–H groups in total. The van der Waals surface area contributed by atoms with Crippen molar-refractivity contribution in [3.05, 3.63) is 68.5 Å². The molecule has 1 aliphatic rings. The van der Waals surface area contributed by atoms with Crippen LogP contribution < -0.4 is 9.84 Å². The van der Waals surface area contributed by atoms with E-state index >= 15 is 0 Å². The maximum absolute atomic E-state index is 12.2. The van der Waals surface area contributed by atoms with Gasteiger partial charge in [-0.2, -0.15) is 0 Å². The molecule has 0 atom stereocenters. The van der Waals surface area contributed by atoms with Crippen LogP contribution in [-0.2, 0) is 11.4 Å². The van der Waals surface area contributed by atoms with Gasteiger partial charge in [0.15, 0.2) is 0 Å². The number of aromatic carboxylic acids is 1. The molecular weight excluding hydrogens is 446 g/mol. The van der Waals surface area contributed by atoms with Gasteiger partial charge < -0.3 is 14.6 Å². The van der Waals surface area contributed by atoms with Gasteiger partial charge in [0.2, 0.25) is 0 Å². The summed E-state index contributed by atoms with van der Waals surface area (Å²) in [6.07, 6.45) is 1.67. The normalized spacial score (nSPS) is 15.4. The highest BCUT2D eigenvalue weighted by Crippen LogP contribution is 2.33. The van der Waals surface area contributed by atoms with Gasteiger partial charge in [-0.3, -0.25) is 14.5 Å². The Morgan fingerprint density at radius 3 is 2.50 bits per heavy atom. The molecule has 144 valence electrons. The number of carboxylic acids is 1. The average molecular weight is 461 g/mol. The van der Waals surface area contributed by atoms with Crippen LogP contribution in [0.3, 0.4) is 0 Å². The molecule has 1 fully saturated rings. The first-order chi connectivity index (χ1) is 13.4. The molecule has 0 radical (unpaired) electrons. The average Bonchev–Trinajstić information content (AvgIpc) is 2.94. The lowest BCUT2D eigenvalue weighted by atomic mass is 10.1. The SMILES string of the molecule is CCN1C(=O)S/C(=C\c2ccc(OCc3ccc(C(=O)[O-])cc3)c(Br)c2)C1=O. The number of carbonyl (C=O) groups is 3. The third-order valence-electron chi connectivity index (χ3n) is 4.03. The van der Waals surface area contributed by atoms with Crippen LogP contribution in [0.2, 0.25) is 0 Å². The van der Waals surface area contributed by atoms with Crippen LogP contribution >= 0.6 is 27.7 Å². The summed E-state index contributed by atoms with van der Waals surface area (Å²) >= 11 is 4.37. The molecule has 1 heterocycles. The molecule has 3 rings (SSSR count). The number of halogens is 1. The minimum atomic E-state index is -1.22. The van der Waals surface area contributed by atoms with Crippen molar-refractivity contribution in [2.45, 2.75) is 13.5 Å². The predicted molar refractivity (Wildman–Crippen MR) is 108 cm³/mol. The van der Waals surface area contributed by atoms with E-state index in [0.717, 1.165) is 22.9 Å². The van der Waals surface area contributed by atoms with Crippen molar-refractivity contribution >= 4 is 50.9 Å². The molecule has 0 aromatic heterocycles. The lowest BCUT2D eigenvalue weighted by Gasteiger charge is -2.10. The Morgan fingerprint density at radius 2 is 1.93 bits per heavy atom. The fourth-order valence-corrected chi connectivity index (χ4v) is 3.96. The Bertz CT molecular complexity index is 971. The van der Waals surface area contributed by atoms with Crippen molar-refractivity contribution in [1.82, 2.24) is 4.90 Å². The second kappa shape index (κ2) is 8.62. The number of hydrogen-bond donors (Lipinski definition) is 0. The van der Waals surface area contributed by atoms with E-state index in [1.807, 2.05) is 0 Å². The fourth-order valence-electron chi connectivity index (χ4n) is 2.55. The van der Waals surface area contributed by atoms with Gasteiger partial charge >= 0.3 is 0 Å². The van der Waals surface area contributed by atoms with Gasteiger partial charge in [0.25, 0.3) is 11.1 Å². The van der Waals surface area contributed by atoms with E-state index in [4.69, 9.17) is 4.74 Å². The summed E-state index contributed by atoms with van der Waals surface area (Å²) in [4.78, 5) is 36.3. The van der Waals surface area contributed by atoms with Crippen molar-refractivity contribution in [3.8, 4) is 5.75 Å². The van der Waals surface area contributed by atoms with Crippen LogP contribution in [0.5, 0.6) is 5.75 Å². The Labute approximate surface area is 174 Å². The van der Waals surface area contributed by atoms with E-state index in [1.54, 1.807) is 43.3 Å². The monoisotopic (exact) mass is 460 g/mol. The van der Waals surface area contributed by atoms with Crippen LogP contribution in [0.1, 0.15) is 28.4 Å².